The van der Waals surface area contributed by atoms with Crippen molar-refractivity contribution in [2.24, 2.45) is 5.92 Å². The van der Waals surface area contributed by atoms with Gasteiger partial charge in [-0.2, -0.15) is 0 Å². The van der Waals surface area contributed by atoms with Gasteiger partial charge in [-0.25, -0.2) is 0 Å². The van der Waals surface area contributed by atoms with Gasteiger partial charge in [-0.1, -0.05) is 18.2 Å². The van der Waals surface area contributed by atoms with Gasteiger partial charge < -0.3 is 14.6 Å². The molecule has 1 N–H and O–H groups in total. The second-order valence-electron chi connectivity index (χ2n) is 6.24. The number of para-hydroxylation sites is 1. The second-order valence-corrected chi connectivity index (χ2v) is 6.24. The van der Waals surface area contributed by atoms with Crippen molar-refractivity contribution in [3.8, 4) is 0 Å². The van der Waals surface area contributed by atoms with Gasteiger partial charge in [0.05, 0.1) is 18.6 Å². The highest BCUT2D eigenvalue weighted by atomic mass is 16.5. The zero-order chi connectivity index (χ0) is 16.0. The number of amides is 1. The lowest BCUT2D eigenvalue weighted by Gasteiger charge is -2.42. The largest absolute Gasteiger partial charge is 0.466 e. The number of benzene rings is 1. The topological polar surface area (TPSA) is 62.4 Å². The molecule has 0 saturated carbocycles. The van der Waals surface area contributed by atoms with E-state index in [-0.39, 0.29) is 23.8 Å². The molecule has 1 fully saturated rings. The number of fused-ring (bicyclic) bond motifs is 5. The lowest BCUT2D eigenvalue weighted by molar-refractivity contribution is -0.157. The van der Waals surface area contributed by atoms with Gasteiger partial charge in [-0.05, 0) is 31.4 Å². The van der Waals surface area contributed by atoms with Crippen molar-refractivity contribution in [2.45, 2.75) is 32.2 Å². The summed E-state index contributed by atoms with van der Waals surface area (Å²) in [7, 11) is 0. The summed E-state index contributed by atoms with van der Waals surface area (Å²) in [5, 5.41) is 1.20. The standard InChI is InChI=1S/C18H20N2O3/c1-2-23-18(22)13-7-8-15(21)20-10-9-12-11-5-3-4-6-14(11)19-16(12)17(13)20/h3-6,13,17,19H,2,7-10H2,1H3/t13-,17-/m0/s1. The van der Waals surface area contributed by atoms with Crippen LogP contribution in [0.3, 0.4) is 0 Å². The maximum absolute atomic E-state index is 12.4. The van der Waals surface area contributed by atoms with Crippen LogP contribution in [0.4, 0.5) is 0 Å². The third-order valence-corrected chi connectivity index (χ3v) is 5.04. The lowest BCUT2D eigenvalue weighted by Crippen LogP contribution is -2.49. The molecule has 2 aliphatic rings. The van der Waals surface area contributed by atoms with Crippen molar-refractivity contribution in [3.05, 3.63) is 35.5 Å². The van der Waals surface area contributed by atoms with Crippen molar-refractivity contribution >= 4 is 22.8 Å². The summed E-state index contributed by atoms with van der Waals surface area (Å²) in [4.78, 5) is 30.1. The smallest absolute Gasteiger partial charge is 0.311 e. The Morgan fingerprint density at radius 2 is 2.17 bits per heavy atom. The third kappa shape index (κ3) is 2.14. The number of hydrogen-bond acceptors (Lipinski definition) is 3. The highest BCUT2D eigenvalue weighted by Crippen LogP contribution is 2.43. The fourth-order valence-electron chi connectivity index (χ4n) is 4.04. The minimum Gasteiger partial charge on any atom is -0.466 e. The van der Waals surface area contributed by atoms with Gasteiger partial charge in [0.1, 0.15) is 0 Å². The molecule has 1 aromatic heterocycles. The first-order valence-corrected chi connectivity index (χ1v) is 8.26. The van der Waals surface area contributed by atoms with Gasteiger partial charge in [0.15, 0.2) is 0 Å². The molecule has 120 valence electrons. The maximum Gasteiger partial charge on any atom is 0.311 e. The van der Waals surface area contributed by atoms with E-state index < -0.39 is 0 Å². The molecular formula is C18H20N2O3. The minimum atomic E-state index is -0.278. The van der Waals surface area contributed by atoms with Gasteiger partial charge in [0.25, 0.3) is 0 Å². The van der Waals surface area contributed by atoms with E-state index in [1.807, 2.05) is 30.0 Å². The van der Waals surface area contributed by atoms with Crippen molar-refractivity contribution < 1.29 is 14.3 Å². The zero-order valence-electron chi connectivity index (χ0n) is 13.2. The number of rotatable bonds is 2. The Kier molecular flexibility index (Phi) is 3.36. The van der Waals surface area contributed by atoms with E-state index >= 15 is 0 Å². The molecule has 2 aromatic rings. The number of nitrogens with zero attached hydrogens (tertiary/aromatic N) is 1. The summed E-state index contributed by atoms with van der Waals surface area (Å²) in [6.45, 7) is 2.86. The van der Waals surface area contributed by atoms with Gasteiger partial charge in [-0.3, -0.25) is 9.59 Å². The molecule has 0 aliphatic carbocycles. The Bertz CT molecular complexity index is 780. The van der Waals surface area contributed by atoms with E-state index in [1.165, 1.54) is 10.9 Å². The average Bonchev–Trinajstić information content (AvgIpc) is 2.94. The van der Waals surface area contributed by atoms with E-state index in [4.69, 9.17) is 4.74 Å². The average molecular weight is 312 g/mol. The number of hydrogen-bond donors (Lipinski definition) is 1. The molecule has 0 radical (unpaired) electrons. The number of nitrogens with one attached hydrogen (secondary N) is 1. The van der Waals surface area contributed by atoms with Crippen molar-refractivity contribution in [3.63, 3.8) is 0 Å². The van der Waals surface area contributed by atoms with Crippen LogP contribution in [-0.2, 0) is 20.7 Å². The van der Waals surface area contributed by atoms with Crippen molar-refractivity contribution in [1.82, 2.24) is 9.88 Å². The highest BCUT2D eigenvalue weighted by Gasteiger charge is 2.45. The van der Waals surface area contributed by atoms with Gasteiger partial charge in [-0.15, -0.1) is 0 Å². The minimum absolute atomic E-state index is 0.139. The summed E-state index contributed by atoms with van der Waals surface area (Å²) in [6, 6.07) is 7.95. The predicted molar refractivity (Wildman–Crippen MR) is 85.8 cm³/mol. The number of piperidine rings is 1. The van der Waals surface area contributed by atoms with E-state index in [0.29, 0.717) is 26.0 Å². The zero-order valence-corrected chi connectivity index (χ0v) is 13.2. The second kappa shape index (κ2) is 5.41. The van der Waals surface area contributed by atoms with E-state index in [0.717, 1.165) is 17.6 Å². The van der Waals surface area contributed by atoms with Crippen LogP contribution in [0.5, 0.6) is 0 Å². The summed E-state index contributed by atoms with van der Waals surface area (Å²) in [5.41, 5.74) is 3.33. The molecule has 5 nitrogen and oxygen atoms in total. The van der Waals surface area contributed by atoms with E-state index in [9.17, 15) is 9.59 Å². The molecule has 23 heavy (non-hydrogen) atoms. The molecule has 2 atom stereocenters. The van der Waals surface area contributed by atoms with Crippen LogP contribution in [-0.4, -0.2) is 34.9 Å². The monoisotopic (exact) mass is 312 g/mol. The maximum atomic E-state index is 12.4. The normalized spacial score (nSPS) is 23.5. The molecule has 0 unspecified atom stereocenters. The number of aromatic nitrogens is 1. The number of aromatic amines is 1. The number of H-pyrrole nitrogens is 1. The molecular weight excluding hydrogens is 292 g/mol. The number of carbonyl (C=O) groups is 2. The van der Waals surface area contributed by atoms with Crippen LogP contribution in [0.1, 0.15) is 37.1 Å². The molecule has 5 heteroatoms. The third-order valence-electron chi connectivity index (χ3n) is 5.04. The number of ether oxygens (including phenoxy) is 1. The Morgan fingerprint density at radius 3 is 3.00 bits per heavy atom. The SMILES string of the molecule is CCOC(=O)[C@H]1CCC(=O)N2CCc3c([nH]c4ccccc34)[C@H]12. The molecule has 1 amide bonds. The molecule has 3 heterocycles. The first kappa shape index (κ1) is 14.3. The number of esters is 1. The molecule has 2 aliphatic heterocycles. The first-order valence-electron chi connectivity index (χ1n) is 8.26. The van der Waals surface area contributed by atoms with Gasteiger partial charge in [0, 0.05) is 29.6 Å². The van der Waals surface area contributed by atoms with Crippen LogP contribution in [0.15, 0.2) is 24.3 Å². The van der Waals surface area contributed by atoms with E-state index in [2.05, 4.69) is 11.1 Å². The summed E-state index contributed by atoms with van der Waals surface area (Å²) in [5.74, 6) is -0.332. The Labute approximate surface area is 134 Å². The van der Waals surface area contributed by atoms with E-state index in [1.54, 1.807) is 0 Å². The Hall–Kier alpha value is -2.30. The van der Waals surface area contributed by atoms with Crippen molar-refractivity contribution in [2.75, 3.05) is 13.2 Å². The molecule has 1 saturated heterocycles. The number of carbonyl (C=O) groups excluding carboxylic acids is 2. The van der Waals surface area contributed by atoms with Crippen LogP contribution in [0, 0.1) is 5.92 Å². The lowest BCUT2D eigenvalue weighted by atomic mass is 9.82. The fraction of sp³-hybridized carbons (Fsp3) is 0.444. The molecule has 0 spiro atoms. The van der Waals surface area contributed by atoms with Crippen molar-refractivity contribution in [1.29, 1.82) is 0 Å². The molecule has 4 rings (SSSR count). The fourth-order valence-corrected chi connectivity index (χ4v) is 4.04. The Morgan fingerprint density at radius 1 is 1.35 bits per heavy atom. The highest BCUT2D eigenvalue weighted by molar-refractivity contribution is 5.88. The summed E-state index contributed by atoms with van der Waals surface area (Å²) >= 11 is 0. The van der Waals surface area contributed by atoms with Crippen LogP contribution >= 0.6 is 0 Å². The molecule has 1 aromatic carbocycles. The van der Waals surface area contributed by atoms with Crippen LogP contribution in [0.2, 0.25) is 0 Å². The summed E-state index contributed by atoms with van der Waals surface area (Å²) in [6.07, 6.45) is 1.82. The van der Waals surface area contributed by atoms with Gasteiger partial charge in [0.2, 0.25) is 5.91 Å². The Balaban J connectivity index is 1.83. The molecule has 0 bridgehead atoms. The first-order chi connectivity index (χ1) is 11.2. The summed E-state index contributed by atoms with van der Waals surface area (Å²) < 4.78 is 5.26. The predicted octanol–water partition coefficient (Wildman–Crippen LogP) is 2.57. The van der Waals surface area contributed by atoms with Crippen LogP contribution < -0.4 is 0 Å². The van der Waals surface area contributed by atoms with Gasteiger partial charge >= 0.3 is 5.97 Å². The quantitative estimate of drug-likeness (QED) is 0.867. The van der Waals surface area contributed by atoms with Crippen LogP contribution in [0.25, 0.3) is 10.9 Å².